The number of hydrogen-bond donors (Lipinski definition) is 2. The summed E-state index contributed by atoms with van der Waals surface area (Å²) in [7, 11) is 2.94. The van der Waals surface area contributed by atoms with E-state index in [1.54, 1.807) is 25.1 Å². The molecule has 0 aliphatic carbocycles. The van der Waals surface area contributed by atoms with Crippen molar-refractivity contribution in [2.75, 3.05) is 14.2 Å². The Morgan fingerprint density at radius 2 is 1.89 bits per heavy atom. The van der Waals surface area contributed by atoms with E-state index in [0.717, 1.165) is 4.52 Å². The number of nitrogens with one attached hydrogen (secondary N) is 1. The minimum atomic E-state index is -4.65. The molecule has 0 atom stereocenters. The van der Waals surface area contributed by atoms with Crippen LogP contribution in [0.2, 0.25) is 0 Å². The minimum absolute atomic E-state index is 0.0770. The molecule has 0 amide bonds. The summed E-state index contributed by atoms with van der Waals surface area (Å²) in [4.78, 5) is 14.5. The average Bonchev–Trinajstić information content (AvgIpc) is 2.93. The van der Waals surface area contributed by atoms with Crippen molar-refractivity contribution in [3.63, 3.8) is 0 Å². The van der Waals surface area contributed by atoms with E-state index in [1.807, 2.05) is 0 Å². The van der Waals surface area contributed by atoms with Crippen molar-refractivity contribution in [2.45, 2.75) is 19.5 Å². The molecule has 3 aromatic rings. The molecule has 0 saturated carbocycles. The Labute approximate surface area is 151 Å². The molecule has 0 unspecified atom stereocenters. The standard InChI is InChI=1S/C17H16F3N3O4/c1-8-13(9-4-5-11(26-2)12(6-9)27-3)14-21-15(24)10(7-17(18,19)20)16(25)23(14)22-8/h4-6,25H,7H2,1-3H3,(H,21,24). The number of methoxy groups -OCH3 is 2. The summed E-state index contributed by atoms with van der Waals surface area (Å²) in [5.41, 5.74) is -0.318. The zero-order valence-electron chi connectivity index (χ0n) is 14.6. The van der Waals surface area contributed by atoms with E-state index in [0.29, 0.717) is 28.3 Å². The van der Waals surface area contributed by atoms with E-state index in [2.05, 4.69) is 10.1 Å². The van der Waals surface area contributed by atoms with Crippen LogP contribution in [0.1, 0.15) is 11.3 Å². The van der Waals surface area contributed by atoms with E-state index < -0.39 is 29.6 Å². The third kappa shape index (κ3) is 3.29. The molecule has 2 aromatic heterocycles. The number of aryl methyl sites for hydroxylation is 1. The Bertz CT molecular complexity index is 1070. The molecule has 7 nitrogen and oxygen atoms in total. The van der Waals surface area contributed by atoms with Crippen molar-refractivity contribution < 1.29 is 27.8 Å². The number of fused-ring (bicyclic) bond motifs is 1. The van der Waals surface area contributed by atoms with Crippen LogP contribution in [-0.2, 0) is 6.42 Å². The number of alkyl halides is 3. The fourth-order valence-corrected chi connectivity index (χ4v) is 2.91. The van der Waals surface area contributed by atoms with Gasteiger partial charge in [0.2, 0.25) is 5.88 Å². The van der Waals surface area contributed by atoms with Crippen LogP contribution >= 0.6 is 0 Å². The zero-order valence-corrected chi connectivity index (χ0v) is 14.6. The first-order valence-corrected chi connectivity index (χ1v) is 7.79. The molecule has 1 aromatic carbocycles. The third-order valence-electron chi connectivity index (χ3n) is 4.09. The van der Waals surface area contributed by atoms with Gasteiger partial charge in [0.25, 0.3) is 5.56 Å². The second kappa shape index (κ2) is 6.53. The highest BCUT2D eigenvalue weighted by atomic mass is 19.4. The number of nitrogens with zero attached hydrogens (tertiary/aromatic N) is 2. The number of aromatic hydroxyl groups is 1. The maximum atomic E-state index is 12.7. The van der Waals surface area contributed by atoms with Crippen LogP contribution in [0, 0.1) is 6.92 Å². The third-order valence-corrected chi connectivity index (χ3v) is 4.09. The molecule has 0 aliphatic rings. The van der Waals surface area contributed by atoms with Gasteiger partial charge in [-0.3, -0.25) is 4.79 Å². The number of benzene rings is 1. The lowest BCUT2D eigenvalue weighted by atomic mass is 10.1. The first-order valence-electron chi connectivity index (χ1n) is 7.79. The van der Waals surface area contributed by atoms with Gasteiger partial charge in [0.1, 0.15) is 5.65 Å². The maximum Gasteiger partial charge on any atom is 0.393 e. The lowest BCUT2D eigenvalue weighted by Crippen LogP contribution is -2.22. The molecule has 0 fully saturated rings. The van der Waals surface area contributed by atoms with Crippen molar-refractivity contribution in [3.8, 4) is 28.5 Å². The molecule has 2 heterocycles. The Kier molecular flexibility index (Phi) is 4.50. The summed E-state index contributed by atoms with van der Waals surface area (Å²) < 4.78 is 49.4. The first kappa shape index (κ1) is 18.6. The summed E-state index contributed by atoms with van der Waals surface area (Å²) in [6.45, 7) is 1.61. The van der Waals surface area contributed by atoms with Crippen molar-refractivity contribution in [1.82, 2.24) is 14.6 Å². The highest BCUT2D eigenvalue weighted by Gasteiger charge is 2.32. The van der Waals surface area contributed by atoms with Crippen LogP contribution in [0.15, 0.2) is 23.0 Å². The van der Waals surface area contributed by atoms with Crippen LogP contribution in [0.5, 0.6) is 17.4 Å². The van der Waals surface area contributed by atoms with E-state index in [-0.39, 0.29) is 5.65 Å². The van der Waals surface area contributed by atoms with Gasteiger partial charge < -0.3 is 19.6 Å². The van der Waals surface area contributed by atoms with E-state index >= 15 is 0 Å². The number of aromatic nitrogens is 3. The Morgan fingerprint density at radius 3 is 2.48 bits per heavy atom. The fourth-order valence-electron chi connectivity index (χ4n) is 2.91. The number of H-pyrrole nitrogens is 1. The smallest absolute Gasteiger partial charge is 0.393 e. The molecule has 0 aliphatic heterocycles. The molecule has 3 rings (SSSR count). The number of ether oxygens (including phenoxy) is 2. The molecule has 2 N–H and O–H groups in total. The van der Waals surface area contributed by atoms with Gasteiger partial charge in [-0.05, 0) is 24.6 Å². The lowest BCUT2D eigenvalue weighted by molar-refractivity contribution is -0.127. The molecule has 0 radical (unpaired) electrons. The molecule has 0 saturated heterocycles. The van der Waals surface area contributed by atoms with Crippen LogP contribution < -0.4 is 15.0 Å². The Balaban J connectivity index is 2.25. The van der Waals surface area contributed by atoms with Crippen molar-refractivity contribution in [3.05, 3.63) is 39.8 Å². The second-order valence-electron chi connectivity index (χ2n) is 5.84. The Hall–Kier alpha value is -3.17. The van der Waals surface area contributed by atoms with E-state index in [4.69, 9.17) is 9.47 Å². The molecule has 0 bridgehead atoms. The average molecular weight is 383 g/mol. The topological polar surface area (TPSA) is 88.9 Å². The summed E-state index contributed by atoms with van der Waals surface area (Å²) in [5.74, 6) is 0.0640. The van der Waals surface area contributed by atoms with E-state index in [1.165, 1.54) is 14.2 Å². The summed E-state index contributed by atoms with van der Waals surface area (Å²) in [6.07, 6.45) is -6.21. The highest BCUT2D eigenvalue weighted by Crippen LogP contribution is 2.36. The zero-order chi connectivity index (χ0) is 19.9. The predicted octanol–water partition coefficient (Wildman–Crippen LogP) is 2.83. The van der Waals surface area contributed by atoms with Gasteiger partial charge in [-0.15, -0.1) is 0 Å². The van der Waals surface area contributed by atoms with Gasteiger partial charge in [0.15, 0.2) is 11.5 Å². The van der Waals surface area contributed by atoms with Gasteiger partial charge in [0, 0.05) is 5.56 Å². The molecule has 144 valence electrons. The van der Waals surface area contributed by atoms with Gasteiger partial charge >= 0.3 is 6.18 Å². The van der Waals surface area contributed by atoms with Crippen molar-refractivity contribution in [1.29, 1.82) is 0 Å². The molecule has 27 heavy (non-hydrogen) atoms. The van der Waals surface area contributed by atoms with Gasteiger partial charge in [0.05, 0.1) is 31.9 Å². The van der Waals surface area contributed by atoms with Crippen LogP contribution in [0.25, 0.3) is 16.8 Å². The molecule has 10 heteroatoms. The van der Waals surface area contributed by atoms with Gasteiger partial charge in [-0.1, -0.05) is 6.07 Å². The van der Waals surface area contributed by atoms with Crippen LogP contribution in [0.4, 0.5) is 13.2 Å². The first-order chi connectivity index (χ1) is 12.7. The fraction of sp³-hybridized carbons (Fsp3) is 0.294. The minimum Gasteiger partial charge on any atom is -0.493 e. The quantitative estimate of drug-likeness (QED) is 0.723. The number of aromatic amines is 1. The summed E-state index contributed by atoms with van der Waals surface area (Å²) in [5, 5.41) is 14.3. The van der Waals surface area contributed by atoms with Crippen molar-refractivity contribution in [2.24, 2.45) is 0 Å². The summed E-state index contributed by atoms with van der Waals surface area (Å²) in [6, 6.07) is 4.97. The van der Waals surface area contributed by atoms with Crippen molar-refractivity contribution >= 4 is 5.65 Å². The molecular formula is C17H16F3N3O4. The summed E-state index contributed by atoms with van der Waals surface area (Å²) >= 11 is 0. The van der Waals surface area contributed by atoms with Crippen LogP contribution in [0.3, 0.4) is 0 Å². The maximum absolute atomic E-state index is 12.7. The van der Waals surface area contributed by atoms with Crippen LogP contribution in [-0.4, -0.2) is 40.1 Å². The SMILES string of the molecule is COc1ccc(-c2c(C)nn3c(O)c(CC(F)(F)F)c(=O)[nH]c23)cc1OC. The monoisotopic (exact) mass is 383 g/mol. The lowest BCUT2D eigenvalue weighted by Gasteiger charge is -2.10. The van der Waals surface area contributed by atoms with Gasteiger partial charge in [-0.25, -0.2) is 0 Å². The Morgan fingerprint density at radius 1 is 1.22 bits per heavy atom. The molecule has 0 spiro atoms. The number of halogens is 3. The largest absolute Gasteiger partial charge is 0.493 e. The molecular weight excluding hydrogens is 367 g/mol. The number of hydrogen-bond acceptors (Lipinski definition) is 5. The highest BCUT2D eigenvalue weighted by molar-refractivity contribution is 5.81. The van der Waals surface area contributed by atoms with Gasteiger partial charge in [-0.2, -0.15) is 22.8 Å². The normalized spacial score (nSPS) is 11.8. The predicted molar refractivity (Wildman–Crippen MR) is 90.5 cm³/mol. The number of rotatable bonds is 4. The van der Waals surface area contributed by atoms with E-state index in [9.17, 15) is 23.1 Å². The second-order valence-corrected chi connectivity index (χ2v) is 5.84.